The van der Waals surface area contributed by atoms with Crippen molar-refractivity contribution in [3.8, 4) is 0 Å². The number of hydrogen-bond donors (Lipinski definition) is 0. The Morgan fingerprint density at radius 3 is 2.12 bits per heavy atom. The van der Waals surface area contributed by atoms with Gasteiger partial charge in [0.2, 0.25) is 0 Å². The zero-order chi connectivity index (χ0) is 22.4. The fourth-order valence-electron chi connectivity index (χ4n) is 5.99. The van der Waals surface area contributed by atoms with E-state index in [0.29, 0.717) is 0 Å². The molecule has 5 nitrogen and oxygen atoms in total. The van der Waals surface area contributed by atoms with Gasteiger partial charge in [0.1, 0.15) is 0 Å². The Morgan fingerprint density at radius 1 is 0.906 bits per heavy atom. The molecule has 0 radical (unpaired) electrons. The molecule has 0 bridgehead atoms. The summed E-state index contributed by atoms with van der Waals surface area (Å²) in [7, 11) is 0. The normalized spacial score (nSPS) is 18.0. The Labute approximate surface area is 199 Å². The van der Waals surface area contributed by atoms with Crippen LogP contribution in [-0.4, -0.2) is 66.3 Å². The van der Waals surface area contributed by atoms with Crippen molar-refractivity contribution in [1.29, 1.82) is 0 Å². The minimum atomic E-state index is -2.52. The molecule has 0 spiro atoms. The molecule has 4 rings (SSSR count). The van der Waals surface area contributed by atoms with Crippen molar-refractivity contribution in [2.24, 2.45) is 5.92 Å². The molecule has 0 amide bonds. The summed E-state index contributed by atoms with van der Waals surface area (Å²) in [6.07, 6.45) is 10.8. The van der Waals surface area contributed by atoms with Crippen LogP contribution in [0.25, 0.3) is 11.0 Å². The molecule has 0 atom stereocenters. The second-order valence-electron chi connectivity index (χ2n) is 10.5. The molecule has 0 saturated carbocycles. The second kappa shape index (κ2) is 11.5. The van der Waals surface area contributed by atoms with E-state index in [2.05, 4.69) is 53.0 Å². The molecule has 0 N–H and O–H groups in total. The van der Waals surface area contributed by atoms with E-state index in [0.717, 1.165) is 30.0 Å². The molecule has 0 unspecified atom stereocenters. The molecule has 32 heavy (non-hydrogen) atoms. The summed E-state index contributed by atoms with van der Waals surface area (Å²) >= 11 is -2.52. The van der Waals surface area contributed by atoms with E-state index in [-0.39, 0.29) is 0 Å². The molecule has 2 aromatic rings. The van der Waals surface area contributed by atoms with Gasteiger partial charge in [-0.2, -0.15) is 0 Å². The van der Waals surface area contributed by atoms with Crippen molar-refractivity contribution in [1.82, 2.24) is 15.2 Å². The first-order valence-corrected chi connectivity index (χ1v) is 20.9. The van der Waals surface area contributed by atoms with Gasteiger partial charge in [-0.1, -0.05) is 0 Å². The summed E-state index contributed by atoms with van der Waals surface area (Å²) < 4.78 is 11.4. The predicted molar refractivity (Wildman–Crippen MR) is 138 cm³/mol. The molecule has 2 aliphatic rings. The number of rotatable bonds is 13. The molecule has 0 aliphatic carbocycles. The number of nitrogens with zero attached hydrogens (tertiary/aromatic N) is 4. The topological polar surface area (TPSA) is 45.4 Å². The molecule has 1 aromatic heterocycles. The van der Waals surface area contributed by atoms with Gasteiger partial charge in [0.05, 0.1) is 0 Å². The maximum absolute atomic E-state index is 5.26. The Hall–Kier alpha value is -0.821. The van der Waals surface area contributed by atoms with E-state index in [1.165, 1.54) is 90.0 Å². The van der Waals surface area contributed by atoms with Gasteiger partial charge in [-0.05, 0) is 0 Å². The summed E-state index contributed by atoms with van der Waals surface area (Å²) in [6, 6.07) is 4.96. The van der Waals surface area contributed by atoms with Gasteiger partial charge in [-0.15, -0.1) is 0 Å². The predicted octanol–water partition coefficient (Wildman–Crippen LogP) is 5.81. The SMILES string of the molecule is CCC[CH2][Sn]([CH2]CCC)([CH2]CCC)[c]1cc(N2CC(CN3CCCC3)C2)c2nonc2c1. The van der Waals surface area contributed by atoms with E-state index in [9.17, 15) is 0 Å². The van der Waals surface area contributed by atoms with E-state index in [1.807, 2.05) is 0 Å². The average Bonchev–Trinajstić information content (AvgIpc) is 3.47. The van der Waals surface area contributed by atoms with E-state index < -0.39 is 18.4 Å². The first kappa shape index (κ1) is 24.3. The van der Waals surface area contributed by atoms with Crippen LogP contribution >= 0.6 is 0 Å². The number of hydrogen-bond acceptors (Lipinski definition) is 5. The Balaban J connectivity index is 1.60. The molecule has 6 heteroatoms. The zero-order valence-corrected chi connectivity index (χ0v) is 23.6. The monoisotopic (exact) mass is 548 g/mol. The number of likely N-dealkylation sites (tertiary alicyclic amines) is 1. The van der Waals surface area contributed by atoms with E-state index >= 15 is 0 Å². The maximum atomic E-state index is 5.26. The third kappa shape index (κ3) is 5.45. The molecule has 1 aromatic carbocycles. The molecule has 2 fully saturated rings. The molecule has 2 aliphatic heterocycles. The van der Waals surface area contributed by atoms with Crippen LogP contribution in [0.2, 0.25) is 13.3 Å². The summed E-state index contributed by atoms with van der Waals surface area (Å²) in [6.45, 7) is 13.2. The van der Waals surface area contributed by atoms with Gasteiger partial charge in [0.25, 0.3) is 0 Å². The minimum absolute atomic E-state index is 0.792. The number of aromatic nitrogens is 2. The van der Waals surface area contributed by atoms with Crippen LogP contribution in [0.4, 0.5) is 5.69 Å². The van der Waals surface area contributed by atoms with E-state index in [4.69, 9.17) is 4.63 Å². The van der Waals surface area contributed by atoms with Crippen LogP contribution in [0.5, 0.6) is 0 Å². The first-order chi connectivity index (χ1) is 15.7. The van der Waals surface area contributed by atoms with Crippen molar-refractivity contribution in [2.45, 2.75) is 85.4 Å². The van der Waals surface area contributed by atoms with Gasteiger partial charge < -0.3 is 0 Å². The fourth-order valence-corrected chi connectivity index (χ4v) is 21.9. The summed E-state index contributed by atoms with van der Waals surface area (Å²) in [5.74, 6) is 0.792. The molecular weight excluding hydrogens is 503 g/mol. The third-order valence-electron chi connectivity index (χ3n) is 7.99. The van der Waals surface area contributed by atoms with Gasteiger partial charge in [0.15, 0.2) is 0 Å². The van der Waals surface area contributed by atoms with Crippen LogP contribution in [0.1, 0.15) is 72.1 Å². The zero-order valence-electron chi connectivity index (χ0n) is 20.7. The van der Waals surface area contributed by atoms with Gasteiger partial charge >= 0.3 is 200 Å². The van der Waals surface area contributed by atoms with Crippen LogP contribution in [0.3, 0.4) is 0 Å². The average molecular weight is 547 g/mol. The van der Waals surface area contributed by atoms with Crippen molar-refractivity contribution < 1.29 is 4.63 Å². The number of unbranched alkanes of at least 4 members (excludes halogenated alkanes) is 3. The Bertz CT molecular complexity index is 820. The van der Waals surface area contributed by atoms with Gasteiger partial charge in [-0.25, -0.2) is 0 Å². The van der Waals surface area contributed by atoms with E-state index in [1.54, 1.807) is 3.58 Å². The third-order valence-corrected chi connectivity index (χ3v) is 23.5. The fraction of sp³-hybridized carbons (Fsp3) is 0.769. The number of fused-ring (bicyclic) bond motifs is 1. The van der Waals surface area contributed by atoms with Crippen molar-refractivity contribution in [3.05, 3.63) is 12.1 Å². The second-order valence-corrected chi connectivity index (χ2v) is 23.7. The molecule has 178 valence electrons. The van der Waals surface area contributed by atoms with Crippen LogP contribution in [-0.2, 0) is 0 Å². The molecule has 3 heterocycles. The van der Waals surface area contributed by atoms with Crippen LogP contribution in [0, 0.1) is 5.92 Å². The number of benzene rings is 1. The molecule has 2 saturated heterocycles. The van der Waals surface area contributed by atoms with Gasteiger partial charge in [0, 0.05) is 0 Å². The van der Waals surface area contributed by atoms with Gasteiger partial charge in [-0.3, -0.25) is 0 Å². The van der Waals surface area contributed by atoms with Crippen molar-refractivity contribution in [3.63, 3.8) is 0 Å². The quantitative estimate of drug-likeness (QED) is 0.296. The molecular formula is C26H44N4OSn. The Kier molecular flexibility index (Phi) is 8.77. The summed E-state index contributed by atoms with van der Waals surface area (Å²) in [5.41, 5.74) is 3.28. The summed E-state index contributed by atoms with van der Waals surface area (Å²) in [5, 5.41) is 8.69. The van der Waals surface area contributed by atoms with Crippen LogP contribution < -0.4 is 8.48 Å². The number of anilines is 1. The Morgan fingerprint density at radius 2 is 1.53 bits per heavy atom. The summed E-state index contributed by atoms with van der Waals surface area (Å²) in [4.78, 5) is 5.22. The van der Waals surface area contributed by atoms with Crippen molar-refractivity contribution >= 4 is 38.7 Å². The van der Waals surface area contributed by atoms with Crippen LogP contribution in [0.15, 0.2) is 16.8 Å². The van der Waals surface area contributed by atoms with Crippen molar-refractivity contribution in [2.75, 3.05) is 37.6 Å². The first-order valence-electron chi connectivity index (χ1n) is 13.4. The standard InChI is InChI=1S/C14H17N4O.3C4H9.Sn/c1-2-7-17(6-1)8-11-9-18(10-11)13-5-3-4-12-14(13)16-19-15-12;3*1-3-4-2;/h4-5,11H,1-2,6-10H2;3*1,3-4H2,2H3;.